The zero-order chi connectivity index (χ0) is 21.2. The fourth-order valence-corrected chi connectivity index (χ4v) is 5.18. The number of amides is 1. The third-order valence-electron chi connectivity index (χ3n) is 4.57. The Morgan fingerprint density at radius 1 is 1.14 bits per heavy atom. The Morgan fingerprint density at radius 2 is 1.76 bits per heavy atom. The number of sulfonamides is 1. The van der Waals surface area contributed by atoms with Crippen LogP contribution in [0.1, 0.15) is 28.9 Å². The molecule has 29 heavy (non-hydrogen) atoms. The van der Waals surface area contributed by atoms with Gasteiger partial charge in [-0.15, -0.1) is 0 Å². The van der Waals surface area contributed by atoms with E-state index >= 15 is 0 Å². The molecule has 0 aliphatic carbocycles. The smallest absolute Gasteiger partial charge is 0.253 e. The summed E-state index contributed by atoms with van der Waals surface area (Å²) in [5.74, 6) is -0.951. The lowest BCUT2D eigenvalue weighted by atomic mass is 10.1. The number of halogens is 3. The van der Waals surface area contributed by atoms with Crippen molar-refractivity contribution < 1.29 is 22.3 Å². The molecule has 0 bridgehead atoms. The van der Waals surface area contributed by atoms with Crippen LogP contribution in [0, 0.1) is 5.82 Å². The number of nitrogens with one attached hydrogen (secondary N) is 1. The van der Waals surface area contributed by atoms with Crippen molar-refractivity contribution in [1.82, 2.24) is 9.62 Å². The minimum Gasteiger partial charge on any atom is -0.379 e. The largest absolute Gasteiger partial charge is 0.379 e. The SMILES string of the molecule is CC(NC(=O)c1cc(S(=O)(=O)N2CCOCC2)c(Cl)cc1Cl)c1ccc(F)cc1. The molecular formula is C19H19Cl2FN2O4S. The highest BCUT2D eigenvalue weighted by atomic mass is 35.5. The van der Waals surface area contributed by atoms with Gasteiger partial charge in [0.05, 0.1) is 34.9 Å². The van der Waals surface area contributed by atoms with Gasteiger partial charge in [-0.2, -0.15) is 4.31 Å². The number of nitrogens with zero attached hydrogens (tertiary/aromatic N) is 1. The first kappa shape index (κ1) is 22.0. The molecule has 1 amide bonds. The zero-order valence-corrected chi connectivity index (χ0v) is 17.8. The lowest BCUT2D eigenvalue weighted by molar-refractivity contribution is 0.0730. The highest BCUT2D eigenvalue weighted by Gasteiger charge is 2.30. The molecule has 1 unspecified atom stereocenters. The van der Waals surface area contributed by atoms with Gasteiger partial charge in [0, 0.05) is 13.1 Å². The molecule has 2 aromatic rings. The van der Waals surface area contributed by atoms with Gasteiger partial charge in [-0.25, -0.2) is 12.8 Å². The van der Waals surface area contributed by atoms with Crippen LogP contribution in [0.2, 0.25) is 10.0 Å². The van der Waals surface area contributed by atoms with Crippen LogP contribution in [0.25, 0.3) is 0 Å². The number of hydrogen-bond donors (Lipinski definition) is 1. The molecule has 1 atom stereocenters. The van der Waals surface area contributed by atoms with E-state index < -0.39 is 22.0 Å². The van der Waals surface area contributed by atoms with Gasteiger partial charge in [-0.05, 0) is 36.8 Å². The molecule has 0 radical (unpaired) electrons. The van der Waals surface area contributed by atoms with Crippen molar-refractivity contribution >= 4 is 39.1 Å². The van der Waals surface area contributed by atoms with Crippen LogP contribution in [0.4, 0.5) is 4.39 Å². The molecule has 2 aromatic carbocycles. The maximum atomic E-state index is 13.1. The summed E-state index contributed by atoms with van der Waals surface area (Å²) >= 11 is 12.3. The van der Waals surface area contributed by atoms with Crippen molar-refractivity contribution in [1.29, 1.82) is 0 Å². The number of carbonyl (C=O) groups excluding carboxylic acids is 1. The second-order valence-electron chi connectivity index (χ2n) is 6.53. The van der Waals surface area contributed by atoms with Crippen molar-refractivity contribution in [3.63, 3.8) is 0 Å². The summed E-state index contributed by atoms with van der Waals surface area (Å²) in [5.41, 5.74) is 0.669. The maximum Gasteiger partial charge on any atom is 0.253 e. The van der Waals surface area contributed by atoms with Gasteiger partial charge in [0.25, 0.3) is 5.91 Å². The predicted molar refractivity (Wildman–Crippen MR) is 108 cm³/mol. The summed E-state index contributed by atoms with van der Waals surface area (Å²) in [6, 6.07) is 7.67. The number of carbonyl (C=O) groups is 1. The molecule has 1 aliphatic heterocycles. The van der Waals surface area contributed by atoms with E-state index in [4.69, 9.17) is 27.9 Å². The summed E-state index contributed by atoms with van der Waals surface area (Å²) in [7, 11) is -3.91. The fourth-order valence-electron chi connectivity index (χ4n) is 2.94. The maximum absolute atomic E-state index is 13.1. The molecule has 1 fully saturated rings. The quantitative estimate of drug-likeness (QED) is 0.738. The van der Waals surface area contributed by atoms with Crippen molar-refractivity contribution in [3.05, 3.63) is 63.4 Å². The summed E-state index contributed by atoms with van der Waals surface area (Å²) < 4.78 is 45.4. The number of morpholine rings is 1. The Hall–Kier alpha value is -1.71. The second-order valence-corrected chi connectivity index (χ2v) is 9.25. The number of hydrogen-bond acceptors (Lipinski definition) is 4. The van der Waals surface area contributed by atoms with E-state index in [1.165, 1.54) is 28.6 Å². The van der Waals surface area contributed by atoms with Gasteiger partial charge in [0.15, 0.2) is 0 Å². The standard InChI is InChI=1S/C19H19Cl2FN2O4S/c1-12(13-2-4-14(22)5-3-13)23-19(25)15-10-18(17(21)11-16(15)20)29(26,27)24-6-8-28-9-7-24/h2-5,10-12H,6-9H2,1H3,(H,23,25). The van der Waals surface area contributed by atoms with E-state index in [1.54, 1.807) is 19.1 Å². The minimum atomic E-state index is -3.91. The zero-order valence-electron chi connectivity index (χ0n) is 15.5. The number of benzene rings is 2. The molecule has 10 heteroatoms. The molecule has 1 saturated heterocycles. The van der Waals surface area contributed by atoms with Crippen LogP contribution in [-0.2, 0) is 14.8 Å². The summed E-state index contributed by atoms with van der Waals surface area (Å²) in [4.78, 5) is 12.6. The third kappa shape index (κ3) is 4.90. The molecule has 0 saturated carbocycles. The number of rotatable bonds is 5. The van der Waals surface area contributed by atoms with E-state index in [9.17, 15) is 17.6 Å². The highest BCUT2D eigenvalue weighted by Crippen LogP contribution is 2.31. The van der Waals surface area contributed by atoms with Gasteiger partial charge in [-0.3, -0.25) is 4.79 Å². The Bertz CT molecular complexity index is 1010. The van der Waals surface area contributed by atoms with E-state index in [0.717, 1.165) is 0 Å². The van der Waals surface area contributed by atoms with E-state index in [2.05, 4.69) is 5.32 Å². The first-order valence-electron chi connectivity index (χ1n) is 8.83. The van der Waals surface area contributed by atoms with Crippen LogP contribution in [0.15, 0.2) is 41.3 Å². The molecule has 3 rings (SSSR count). The van der Waals surface area contributed by atoms with E-state index in [1.807, 2.05) is 0 Å². The van der Waals surface area contributed by atoms with Crippen LogP contribution in [0.5, 0.6) is 0 Å². The lowest BCUT2D eigenvalue weighted by Gasteiger charge is -2.26. The average Bonchev–Trinajstić information content (AvgIpc) is 2.68. The Kier molecular flexibility index (Phi) is 6.80. The van der Waals surface area contributed by atoms with Gasteiger partial charge in [0.1, 0.15) is 10.7 Å². The van der Waals surface area contributed by atoms with E-state index in [-0.39, 0.29) is 52.6 Å². The normalized spacial score (nSPS) is 16.4. The van der Waals surface area contributed by atoms with E-state index in [0.29, 0.717) is 5.56 Å². The molecule has 1 aliphatic rings. The molecule has 0 aromatic heterocycles. The van der Waals surface area contributed by atoms with Gasteiger partial charge >= 0.3 is 0 Å². The Morgan fingerprint density at radius 3 is 2.38 bits per heavy atom. The topological polar surface area (TPSA) is 75.7 Å². The summed E-state index contributed by atoms with van der Waals surface area (Å²) in [5, 5.41) is 2.70. The lowest BCUT2D eigenvalue weighted by Crippen LogP contribution is -2.40. The molecule has 0 spiro atoms. The van der Waals surface area contributed by atoms with Crippen molar-refractivity contribution in [2.45, 2.75) is 17.9 Å². The van der Waals surface area contributed by atoms with Crippen molar-refractivity contribution in [2.75, 3.05) is 26.3 Å². The average molecular weight is 461 g/mol. The molecule has 6 nitrogen and oxygen atoms in total. The third-order valence-corrected chi connectivity index (χ3v) is 7.25. The molecular weight excluding hydrogens is 442 g/mol. The molecule has 1 N–H and O–H groups in total. The van der Waals surface area contributed by atoms with Crippen LogP contribution >= 0.6 is 23.2 Å². The van der Waals surface area contributed by atoms with Crippen molar-refractivity contribution in [2.24, 2.45) is 0 Å². The molecule has 1 heterocycles. The summed E-state index contributed by atoms with van der Waals surface area (Å²) in [6.07, 6.45) is 0. The van der Waals surface area contributed by atoms with Crippen LogP contribution in [-0.4, -0.2) is 44.9 Å². The second kappa shape index (κ2) is 8.97. The van der Waals surface area contributed by atoms with Gasteiger partial charge < -0.3 is 10.1 Å². The Balaban J connectivity index is 1.88. The van der Waals surface area contributed by atoms with Gasteiger partial charge in [-0.1, -0.05) is 35.3 Å². The van der Waals surface area contributed by atoms with Crippen molar-refractivity contribution in [3.8, 4) is 0 Å². The monoisotopic (exact) mass is 460 g/mol. The van der Waals surface area contributed by atoms with Crippen LogP contribution in [0.3, 0.4) is 0 Å². The van der Waals surface area contributed by atoms with Gasteiger partial charge in [0.2, 0.25) is 10.0 Å². The predicted octanol–water partition coefficient (Wildman–Crippen LogP) is 3.64. The number of ether oxygens (including phenoxy) is 1. The fraction of sp³-hybridized carbons (Fsp3) is 0.316. The highest BCUT2D eigenvalue weighted by molar-refractivity contribution is 7.89. The molecule has 156 valence electrons. The minimum absolute atomic E-state index is 0.0168. The first-order chi connectivity index (χ1) is 13.7. The Labute approximate surface area is 178 Å². The first-order valence-corrected chi connectivity index (χ1v) is 11.0. The van der Waals surface area contributed by atoms with Crippen LogP contribution < -0.4 is 5.32 Å². The summed E-state index contributed by atoms with van der Waals surface area (Å²) in [6.45, 7) is 2.69.